The van der Waals surface area contributed by atoms with Crippen LogP contribution in [0.4, 0.5) is 0 Å². The Balaban J connectivity index is 1.72. The first-order chi connectivity index (χ1) is 20.8. The number of nitrogens with one attached hydrogen (secondary N) is 1. The van der Waals surface area contributed by atoms with Crippen molar-refractivity contribution < 1.29 is 19.5 Å². The fourth-order valence-corrected chi connectivity index (χ4v) is 5.42. The second-order valence-corrected chi connectivity index (χ2v) is 11.7. The molecular weight excluding hydrogens is 538 g/mol. The molecule has 2 heterocycles. The Bertz CT molecular complexity index is 1320. The number of hydrogen-bond acceptors (Lipinski definition) is 5. The highest BCUT2D eigenvalue weighted by Crippen LogP contribution is 2.24. The van der Waals surface area contributed by atoms with Crippen molar-refractivity contribution in [2.24, 2.45) is 0 Å². The van der Waals surface area contributed by atoms with Gasteiger partial charge < -0.3 is 19.7 Å². The van der Waals surface area contributed by atoms with Gasteiger partial charge >= 0.3 is 5.97 Å². The monoisotopic (exact) mass is 589 g/mol. The maximum atomic E-state index is 13.8. The average molecular weight is 590 g/mol. The molecule has 0 saturated carbocycles. The molecule has 0 unspecified atom stereocenters. The number of fused-ring (bicyclic) bond motifs is 1. The molecule has 0 aliphatic rings. The largest absolute Gasteiger partial charge is 0.480 e. The van der Waals surface area contributed by atoms with Crippen LogP contribution >= 0.6 is 0 Å². The summed E-state index contributed by atoms with van der Waals surface area (Å²) >= 11 is 0. The average Bonchev–Trinajstić information content (AvgIpc) is 3.38. The van der Waals surface area contributed by atoms with Gasteiger partial charge in [-0.15, -0.1) is 0 Å². The lowest BCUT2D eigenvalue weighted by Crippen LogP contribution is -2.35. The normalized spacial score (nSPS) is 12.2. The van der Waals surface area contributed by atoms with Gasteiger partial charge in [-0.1, -0.05) is 64.3 Å². The lowest BCUT2D eigenvalue weighted by atomic mass is 10.00. The summed E-state index contributed by atoms with van der Waals surface area (Å²) in [6, 6.07) is 13.0. The van der Waals surface area contributed by atoms with Crippen LogP contribution in [0.2, 0.25) is 0 Å². The van der Waals surface area contributed by atoms with Gasteiger partial charge in [0.05, 0.1) is 5.69 Å². The fraction of sp³-hybridized carbons (Fsp3) is 0.528. The third-order valence-electron chi connectivity index (χ3n) is 8.17. The van der Waals surface area contributed by atoms with E-state index in [9.17, 15) is 14.4 Å². The zero-order chi connectivity index (χ0) is 31.2. The van der Waals surface area contributed by atoms with E-state index in [1.165, 1.54) is 44.3 Å². The zero-order valence-corrected chi connectivity index (χ0v) is 26.7. The second-order valence-electron chi connectivity index (χ2n) is 11.7. The van der Waals surface area contributed by atoms with Gasteiger partial charge in [0, 0.05) is 35.8 Å². The number of carboxylic acids is 1. The van der Waals surface area contributed by atoms with Crippen LogP contribution in [0.15, 0.2) is 48.7 Å². The van der Waals surface area contributed by atoms with Crippen LogP contribution in [0.3, 0.4) is 0 Å². The van der Waals surface area contributed by atoms with E-state index in [2.05, 4.69) is 43.1 Å². The van der Waals surface area contributed by atoms with E-state index in [0.717, 1.165) is 49.7 Å². The summed E-state index contributed by atoms with van der Waals surface area (Å²) in [5.41, 5.74) is 4.96. The summed E-state index contributed by atoms with van der Waals surface area (Å²) < 4.78 is 1.91. The van der Waals surface area contributed by atoms with Crippen LogP contribution in [-0.4, -0.2) is 64.2 Å². The molecular formula is C36H51N3O4. The summed E-state index contributed by atoms with van der Waals surface area (Å²) in [5, 5.41) is 11.9. The number of rotatable bonds is 21. The highest BCUT2D eigenvalue weighted by atomic mass is 16.4. The molecule has 0 spiro atoms. The van der Waals surface area contributed by atoms with Crippen molar-refractivity contribution >= 4 is 23.1 Å². The Kier molecular flexibility index (Phi) is 14.1. The molecule has 3 rings (SSSR count). The predicted octanol–water partition coefficient (Wildman–Crippen LogP) is 6.98. The number of carbonyl (C=O) groups excluding carboxylic acids is 2. The molecule has 0 aliphatic carbocycles. The molecule has 2 aromatic heterocycles. The van der Waals surface area contributed by atoms with Crippen LogP contribution in [0.25, 0.3) is 5.52 Å². The molecule has 0 radical (unpaired) electrons. The van der Waals surface area contributed by atoms with Crippen molar-refractivity contribution in [3.63, 3.8) is 0 Å². The molecule has 0 fully saturated rings. The number of aliphatic carboxylic acids is 1. The first-order valence-corrected chi connectivity index (χ1v) is 16.3. The molecule has 0 aliphatic heterocycles. The van der Waals surface area contributed by atoms with Crippen LogP contribution < -0.4 is 5.32 Å². The van der Waals surface area contributed by atoms with Crippen molar-refractivity contribution in [1.82, 2.24) is 14.6 Å². The minimum atomic E-state index is -0.944. The topological polar surface area (TPSA) is 91.1 Å². The smallest absolute Gasteiger partial charge is 0.320 e. The number of carboxylic acid groups (broad SMARTS) is 1. The van der Waals surface area contributed by atoms with Gasteiger partial charge in [0.2, 0.25) is 5.78 Å². The van der Waals surface area contributed by atoms with E-state index in [1.54, 1.807) is 13.0 Å². The van der Waals surface area contributed by atoms with Crippen molar-refractivity contribution in [3.05, 3.63) is 76.6 Å². The van der Waals surface area contributed by atoms with Gasteiger partial charge in [-0.05, 0) is 94.4 Å². The van der Waals surface area contributed by atoms with Crippen molar-refractivity contribution in [2.45, 2.75) is 97.9 Å². The van der Waals surface area contributed by atoms with Crippen LogP contribution in [0, 0.1) is 0 Å². The highest BCUT2D eigenvalue weighted by molar-refractivity contribution is 6.10. The molecule has 0 amide bonds. The summed E-state index contributed by atoms with van der Waals surface area (Å²) in [5.74, 6) is -1.01. The molecule has 0 saturated heterocycles. The predicted molar refractivity (Wildman–Crippen MR) is 175 cm³/mol. The number of unbranched alkanes of at least 4 members (excludes halogenated alkanes) is 3. The van der Waals surface area contributed by atoms with Crippen LogP contribution in [-0.2, 0) is 17.6 Å². The number of aromatic nitrogens is 1. The Morgan fingerprint density at radius 3 is 2.12 bits per heavy atom. The van der Waals surface area contributed by atoms with Gasteiger partial charge in [-0.25, -0.2) is 0 Å². The van der Waals surface area contributed by atoms with Gasteiger partial charge in [0.15, 0.2) is 5.78 Å². The van der Waals surface area contributed by atoms with Crippen molar-refractivity contribution in [2.75, 3.05) is 26.2 Å². The van der Waals surface area contributed by atoms with Gasteiger partial charge in [-0.3, -0.25) is 14.4 Å². The van der Waals surface area contributed by atoms with Gasteiger partial charge in [-0.2, -0.15) is 0 Å². The van der Waals surface area contributed by atoms with Gasteiger partial charge in [0.25, 0.3) is 0 Å². The molecule has 2 N–H and O–H groups in total. The Morgan fingerprint density at radius 1 is 0.837 bits per heavy atom. The molecule has 3 aromatic rings. The maximum absolute atomic E-state index is 13.8. The number of benzene rings is 1. The number of aryl methyl sites for hydroxylation is 2. The van der Waals surface area contributed by atoms with E-state index < -0.39 is 12.0 Å². The van der Waals surface area contributed by atoms with Crippen molar-refractivity contribution in [3.8, 4) is 0 Å². The SMILES string of the molecule is CCCCc1cc2cc(C(=O)CCN[C@@H](C)C(=O)O)ccn2c1C(=O)c1ccc(CCCN(CCCC)CCCC)cc1. The number of carbonyl (C=O) groups is 3. The first-order valence-electron chi connectivity index (χ1n) is 16.3. The van der Waals surface area contributed by atoms with Crippen LogP contribution in [0.1, 0.15) is 117 Å². The highest BCUT2D eigenvalue weighted by Gasteiger charge is 2.20. The summed E-state index contributed by atoms with van der Waals surface area (Å²) in [7, 11) is 0. The fourth-order valence-electron chi connectivity index (χ4n) is 5.42. The third-order valence-corrected chi connectivity index (χ3v) is 8.17. The van der Waals surface area contributed by atoms with Crippen molar-refractivity contribution in [1.29, 1.82) is 0 Å². The molecule has 7 heteroatoms. The molecule has 7 nitrogen and oxygen atoms in total. The molecule has 234 valence electrons. The third kappa shape index (κ3) is 10.1. The number of Topliss-reactive ketones (excluding diaryl/α,β-unsaturated/α-hetero) is 1. The Labute approximate surface area is 257 Å². The van der Waals surface area contributed by atoms with E-state index in [4.69, 9.17) is 5.11 Å². The molecule has 1 atom stereocenters. The first kappa shape index (κ1) is 34.2. The van der Waals surface area contributed by atoms with Gasteiger partial charge in [0.1, 0.15) is 6.04 Å². The standard InChI is InChI=1S/C36H51N3O4/c1-5-8-13-31-26-32-25-30(33(40)18-20-37-27(4)36(42)43)19-24-39(32)34(31)35(41)29-16-14-28(15-17-29)12-11-23-38(21-9-6-2)22-10-7-3/h14-17,19,24-27,37H,5-13,18,20-23H2,1-4H3,(H,42,43)/t27-/m0/s1. The maximum Gasteiger partial charge on any atom is 0.320 e. The Morgan fingerprint density at radius 2 is 1.49 bits per heavy atom. The van der Waals surface area contributed by atoms with Crippen LogP contribution in [0.5, 0.6) is 0 Å². The quantitative estimate of drug-likeness (QED) is 0.130. The Hall–Kier alpha value is -3.29. The number of nitrogens with zero attached hydrogens (tertiary/aromatic N) is 2. The lowest BCUT2D eigenvalue weighted by Gasteiger charge is -2.21. The number of hydrogen-bond donors (Lipinski definition) is 2. The summed E-state index contributed by atoms with van der Waals surface area (Å²) in [6.45, 7) is 11.9. The van der Waals surface area contributed by atoms with E-state index in [-0.39, 0.29) is 24.5 Å². The summed E-state index contributed by atoms with van der Waals surface area (Å²) in [4.78, 5) is 40.3. The van der Waals surface area contributed by atoms with E-state index >= 15 is 0 Å². The minimum absolute atomic E-state index is 0.00565. The van der Waals surface area contributed by atoms with E-state index in [1.807, 2.05) is 34.9 Å². The van der Waals surface area contributed by atoms with E-state index in [0.29, 0.717) is 16.8 Å². The molecule has 1 aromatic carbocycles. The number of pyridine rings is 1. The number of ketones is 2. The zero-order valence-electron chi connectivity index (χ0n) is 26.7. The molecule has 43 heavy (non-hydrogen) atoms. The lowest BCUT2D eigenvalue weighted by molar-refractivity contribution is -0.139. The summed E-state index contributed by atoms with van der Waals surface area (Å²) in [6.07, 6.45) is 11.9. The molecule has 0 bridgehead atoms. The second kappa shape index (κ2) is 17.7. The minimum Gasteiger partial charge on any atom is -0.480 e.